The maximum absolute atomic E-state index is 12.7. The third kappa shape index (κ3) is 4.00. The number of aryl methyl sites for hydroxylation is 1. The minimum absolute atomic E-state index is 0.0284. The Labute approximate surface area is 170 Å². The lowest BCUT2D eigenvalue weighted by Crippen LogP contribution is -2.25. The van der Waals surface area contributed by atoms with Crippen molar-refractivity contribution in [1.29, 1.82) is 0 Å². The number of hydrogen-bond acceptors (Lipinski definition) is 4. The lowest BCUT2D eigenvalue weighted by molar-refractivity contribution is -0.117. The molecular formula is C22H29N5O2. The first-order chi connectivity index (χ1) is 14.2. The smallest absolute Gasteiger partial charge is 0.255 e. The Morgan fingerprint density at radius 3 is 2.69 bits per heavy atom. The van der Waals surface area contributed by atoms with Crippen molar-refractivity contribution in [3.63, 3.8) is 0 Å². The third-order valence-corrected chi connectivity index (χ3v) is 6.57. The lowest BCUT2D eigenvalue weighted by atomic mass is 9.87. The van der Waals surface area contributed by atoms with Crippen molar-refractivity contribution < 1.29 is 4.79 Å². The molecule has 5 rings (SSSR count). The van der Waals surface area contributed by atoms with Crippen molar-refractivity contribution in [3.8, 4) is 5.95 Å². The van der Waals surface area contributed by atoms with Crippen LogP contribution in [0.25, 0.3) is 5.95 Å². The van der Waals surface area contributed by atoms with Gasteiger partial charge in [-0.05, 0) is 57.3 Å². The standard InChI is InChI=1S/C22H29N5O2/c28-20(12-14-6-2-1-3-7-14)24-19-13-18(15-10-11-15)26-27(19)22-23-17-9-5-4-8-16(17)21(29)25-22/h13-15H,1-12H2,(H,24,28)(H,23,25,29). The van der Waals surface area contributed by atoms with Crippen LogP contribution in [0.1, 0.15) is 87.1 Å². The Bertz CT molecular complexity index is 966. The maximum Gasteiger partial charge on any atom is 0.255 e. The molecule has 3 aliphatic carbocycles. The molecule has 2 fully saturated rings. The fraction of sp³-hybridized carbons (Fsp3) is 0.636. The van der Waals surface area contributed by atoms with E-state index in [0.29, 0.717) is 30.0 Å². The second-order valence-electron chi connectivity index (χ2n) is 8.92. The van der Waals surface area contributed by atoms with Gasteiger partial charge in [-0.15, -0.1) is 0 Å². The van der Waals surface area contributed by atoms with E-state index in [1.54, 1.807) is 4.68 Å². The van der Waals surface area contributed by atoms with Crippen LogP contribution < -0.4 is 10.9 Å². The van der Waals surface area contributed by atoms with Gasteiger partial charge >= 0.3 is 0 Å². The first-order valence-corrected chi connectivity index (χ1v) is 11.2. The van der Waals surface area contributed by atoms with E-state index >= 15 is 0 Å². The van der Waals surface area contributed by atoms with Gasteiger partial charge in [-0.3, -0.25) is 14.6 Å². The molecule has 0 aromatic carbocycles. The first kappa shape index (κ1) is 18.6. The van der Waals surface area contributed by atoms with E-state index in [-0.39, 0.29) is 11.5 Å². The molecule has 0 unspecified atom stereocenters. The van der Waals surface area contributed by atoms with E-state index in [1.165, 1.54) is 19.3 Å². The number of rotatable bonds is 5. The van der Waals surface area contributed by atoms with Crippen molar-refractivity contribution in [3.05, 3.63) is 33.4 Å². The predicted molar refractivity (Wildman–Crippen MR) is 110 cm³/mol. The number of nitrogens with one attached hydrogen (secondary N) is 2. The number of carbonyl (C=O) groups excluding carboxylic acids is 1. The van der Waals surface area contributed by atoms with Crippen molar-refractivity contribution in [2.24, 2.45) is 5.92 Å². The van der Waals surface area contributed by atoms with Crippen LogP contribution >= 0.6 is 0 Å². The van der Waals surface area contributed by atoms with E-state index in [0.717, 1.165) is 68.3 Å². The predicted octanol–water partition coefficient (Wildman–Crippen LogP) is 3.62. The Morgan fingerprint density at radius 1 is 1.10 bits per heavy atom. The van der Waals surface area contributed by atoms with Crippen LogP contribution in [-0.2, 0) is 17.6 Å². The molecule has 1 amide bonds. The normalized spacial score (nSPS) is 19.7. The third-order valence-electron chi connectivity index (χ3n) is 6.57. The fourth-order valence-electron chi connectivity index (χ4n) is 4.77. The number of nitrogens with zero attached hydrogens (tertiary/aromatic N) is 3. The molecule has 29 heavy (non-hydrogen) atoms. The van der Waals surface area contributed by atoms with E-state index < -0.39 is 0 Å². The summed E-state index contributed by atoms with van der Waals surface area (Å²) in [6.07, 6.45) is 12.5. The Morgan fingerprint density at radius 2 is 1.90 bits per heavy atom. The quantitative estimate of drug-likeness (QED) is 0.809. The van der Waals surface area contributed by atoms with Gasteiger partial charge in [0.05, 0.1) is 11.4 Å². The summed E-state index contributed by atoms with van der Waals surface area (Å²) in [6.45, 7) is 0. The van der Waals surface area contributed by atoms with Gasteiger partial charge in [-0.1, -0.05) is 19.3 Å². The molecule has 0 atom stereocenters. The Kier molecular flexibility index (Phi) is 4.97. The number of aromatic nitrogens is 4. The Balaban J connectivity index is 1.43. The zero-order valence-corrected chi connectivity index (χ0v) is 16.9. The SMILES string of the molecule is O=C(CC1CCCCC1)Nc1cc(C2CC2)nn1-c1nc2c(c(=O)[nH]1)CCCC2. The second kappa shape index (κ2) is 7.76. The number of carbonyl (C=O) groups is 1. The number of amides is 1. The number of aromatic amines is 1. The van der Waals surface area contributed by atoms with Crippen LogP contribution in [0.5, 0.6) is 0 Å². The van der Waals surface area contributed by atoms with Gasteiger partial charge in [-0.2, -0.15) is 9.78 Å². The number of anilines is 1. The molecule has 0 radical (unpaired) electrons. The molecule has 2 saturated carbocycles. The van der Waals surface area contributed by atoms with E-state index in [2.05, 4.69) is 10.3 Å². The molecule has 2 aromatic rings. The topological polar surface area (TPSA) is 92.7 Å². The average molecular weight is 396 g/mol. The Hall–Kier alpha value is -2.44. The fourth-order valence-corrected chi connectivity index (χ4v) is 4.77. The number of fused-ring (bicyclic) bond motifs is 1. The molecule has 0 aliphatic heterocycles. The molecule has 0 saturated heterocycles. The molecule has 2 aromatic heterocycles. The second-order valence-corrected chi connectivity index (χ2v) is 8.92. The van der Waals surface area contributed by atoms with Gasteiger partial charge in [0.2, 0.25) is 11.9 Å². The highest BCUT2D eigenvalue weighted by Gasteiger charge is 2.29. The zero-order valence-electron chi connectivity index (χ0n) is 16.9. The highest BCUT2D eigenvalue weighted by molar-refractivity contribution is 5.90. The molecule has 7 nitrogen and oxygen atoms in total. The van der Waals surface area contributed by atoms with Crippen LogP contribution in [0.3, 0.4) is 0 Å². The van der Waals surface area contributed by atoms with Crippen LogP contribution in [0.2, 0.25) is 0 Å². The van der Waals surface area contributed by atoms with Gasteiger partial charge in [-0.25, -0.2) is 4.98 Å². The summed E-state index contributed by atoms with van der Waals surface area (Å²) in [6, 6.07) is 1.95. The highest BCUT2D eigenvalue weighted by atomic mass is 16.1. The molecule has 2 heterocycles. The van der Waals surface area contributed by atoms with E-state index in [4.69, 9.17) is 10.1 Å². The molecule has 0 spiro atoms. The van der Waals surface area contributed by atoms with Crippen molar-refractivity contribution >= 4 is 11.7 Å². The van der Waals surface area contributed by atoms with Gasteiger partial charge in [0, 0.05) is 24.0 Å². The van der Waals surface area contributed by atoms with E-state index in [9.17, 15) is 9.59 Å². The maximum atomic E-state index is 12.7. The molecule has 0 bridgehead atoms. The summed E-state index contributed by atoms with van der Waals surface area (Å²) < 4.78 is 1.63. The largest absolute Gasteiger partial charge is 0.310 e. The van der Waals surface area contributed by atoms with Gasteiger partial charge in [0.15, 0.2) is 0 Å². The lowest BCUT2D eigenvalue weighted by Gasteiger charge is -2.21. The van der Waals surface area contributed by atoms with Gasteiger partial charge < -0.3 is 5.32 Å². The van der Waals surface area contributed by atoms with Gasteiger partial charge in [0.1, 0.15) is 5.82 Å². The monoisotopic (exact) mass is 395 g/mol. The van der Waals surface area contributed by atoms with Crippen LogP contribution in [0, 0.1) is 5.92 Å². The summed E-state index contributed by atoms with van der Waals surface area (Å²) in [5, 5.41) is 7.76. The molecular weight excluding hydrogens is 366 g/mol. The minimum Gasteiger partial charge on any atom is -0.310 e. The van der Waals surface area contributed by atoms with Crippen LogP contribution in [-0.4, -0.2) is 25.7 Å². The first-order valence-electron chi connectivity index (χ1n) is 11.2. The summed E-state index contributed by atoms with van der Waals surface area (Å²) in [5.74, 6) is 1.99. The zero-order chi connectivity index (χ0) is 19.8. The summed E-state index contributed by atoms with van der Waals surface area (Å²) in [7, 11) is 0. The molecule has 154 valence electrons. The van der Waals surface area contributed by atoms with Crippen molar-refractivity contribution in [1.82, 2.24) is 19.7 Å². The summed E-state index contributed by atoms with van der Waals surface area (Å²) in [4.78, 5) is 32.9. The molecule has 2 N–H and O–H groups in total. The average Bonchev–Trinajstić information content (AvgIpc) is 3.49. The number of H-pyrrole nitrogens is 1. The van der Waals surface area contributed by atoms with Crippen molar-refractivity contribution in [2.45, 2.75) is 83.0 Å². The summed E-state index contributed by atoms with van der Waals surface area (Å²) >= 11 is 0. The molecule has 7 heteroatoms. The van der Waals surface area contributed by atoms with Crippen molar-refractivity contribution in [2.75, 3.05) is 5.32 Å². The molecule has 3 aliphatic rings. The van der Waals surface area contributed by atoms with E-state index in [1.807, 2.05) is 6.07 Å². The number of hydrogen-bond donors (Lipinski definition) is 2. The summed E-state index contributed by atoms with van der Waals surface area (Å²) in [5.41, 5.74) is 2.57. The van der Waals surface area contributed by atoms with Crippen LogP contribution in [0.4, 0.5) is 5.82 Å². The highest BCUT2D eigenvalue weighted by Crippen LogP contribution is 2.40. The van der Waals surface area contributed by atoms with Gasteiger partial charge in [0.25, 0.3) is 5.56 Å². The minimum atomic E-state index is -0.0762. The van der Waals surface area contributed by atoms with Crippen LogP contribution in [0.15, 0.2) is 10.9 Å².